The number of rotatable bonds is 6. The van der Waals surface area contributed by atoms with E-state index in [0.717, 1.165) is 35.7 Å². The Bertz CT molecular complexity index is 816. The molecule has 1 unspecified atom stereocenters. The monoisotopic (exact) mass is 365 g/mol. The van der Waals surface area contributed by atoms with Crippen molar-refractivity contribution in [3.05, 3.63) is 54.1 Å². The maximum absolute atomic E-state index is 12.7. The van der Waals surface area contributed by atoms with Crippen molar-refractivity contribution < 1.29 is 9.59 Å². The molecule has 142 valence electrons. The molecule has 0 bridgehead atoms. The summed E-state index contributed by atoms with van der Waals surface area (Å²) in [5.74, 6) is -0.435. The van der Waals surface area contributed by atoms with Gasteiger partial charge in [-0.2, -0.15) is 0 Å². The molecule has 1 aliphatic rings. The number of hydrogen-bond acceptors (Lipinski definition) is 3. The molecule has 5 nitrogen and oxygen atoms in total. The molecule has 0 aromatic heterocycles. The van der Waals surface area contributed by atoms with E-state index in [-0.39, 0.29) is 24.2 Å². The van der Waals surface area contributed by atoms with Gasteiger partial charge in [-0.05, 0) is 56.7 Å². The van der Waals surface area contributed by atoms with Crippen LogP contribution in [-0.4, -0.2) is 31.4 Å². The van der Waals surface area contributed by atoms with Gasteiger partial charge in [0.05, 0.1) is 5.92 Å². The SMILES string of the molecule is CCN(CC)c1ccc(NC(=O)C2CC(=O)N(c3ccccc3)C2)c(C)c1. The zero-order valence-electron chi connectivity index (χ0n) is 16.2. The molecule has 1 fully saturated rings. The number of para-hydroxylation sites is 1. The van der Waals surface area contributed by atoms with Crippen LogP contribution < -0.4 is 15.1 Å². The van der Waals surface area contributed by atoms with Gasteiger partial charge in [0.25, 0.3) is 0 Å². The van der Waals surface area contributed by atoms with Gasteiger partial charge >= 0.3 is 0 Å². The first kappa shape index (κ1) is 19.0. The largest absolute Gasteiger partial charge is 0.372 e. The lowest BCUT2D eigenvalue weighted by Crippen LogP contribution is -2.28. The van der Waals surface area contributed by atoms with E-state index in [9.17, 15) is 9.59 Å². The Hall–Kier alpha value is -2.82. The van der Waals surface area contributed by atoms with Gasteiger partial charge in [-0.3, -0.25) is 9.59 Å². The third-order valence-corrected chi connectivity index (χ3v) is 5.16. The smallest absolute Gasteiger partial charge is 0.229 e. The Morgan fingerprint density at radius 2 is 1.85 bits per heavy atom. The molecular weight excluding hydrogens is 338 g/mol. The zero-order valence-corrected chi connectivity index (χ0v) is 16.2. The maximum atomic E-state index is 12.7. The van der Waals surface area contributed by atoms with Gasteiger partial charge in [-0.25, -0.2) is 0 Å². The van der Waals surface area contributed by atoms with E-state index in [2.05, 4.69) is 30.1 Å². The Balaban J connectivity index is 1.68. The average Bonchev–Trinajstić information content (AvgIpc) is 3.07. The summed E-state index contributed by atoms with van der Waals surface area (Å²) in [5.41, 5.74) is 3.83. The molecule has 0 spiro atoms. The van der Waals surface area contributed by atoms with Crippen LogP contribution in [-0.2, 0) is 9.59 Å². The number of nitrogens with zero attached hydrogens (tertiary/aromatic N) is 2. The van der Waals surface area contributed by atoms with Gasteiger partial charge in [-0.15, -0.1) is 0 Å². The number of anilines is 3. The highest BCUT2D eigenvalue weighted by molar-refractivity contribution is 6.03. The molecule has 0 radical (unpaired) electrons. The predicted molar refractivity (Wildman–Crippen MR) is 110 cm³/mol. The van der Waals surface area contributed by atoms with Crippen molar-refractivity contribution in [1.82, 2.24) is 0 Å². The van der Waals surface area contributed by atoms with E-state index in [1.54, 1.807) is 4.90 Å². The number of hydrogen-bond donors (Lipinski definition) is 1. The standard InChI is InChI=1S/C22H27N3O2/c1-4-24(5-2)19-11-12-20(16(3)13-19)23-22(27)17-14-21(26)25(15-17)18-9-7-6-8-10-18/h6-13,17H,4-5,14-15H2,1-3H3,(H,23,27). The van der Waals surface area contributed by atoms with Gasteiger partial charge < -0.3 is 15.1 Å². The van der Waals surface area contributed by atoms with Gasteiger partial charge in [0.2, 0.25) is 11.8 Å². The van der Waals surface area contributed by atoms with E-state index < -0.39 is 0 Å². The molecule has 1 heterocycles. The number of carbonyl (C=O) groups is 2. The molecule has 27 heavy (non-hydrogen) atoms. The van der Waals surface area contributed by atoms with Crippen LogP contribution in [0.3, 0.4) is 0 Å². The Morgan fingerprint density at radius 1 is 1.15 bits per heavy atom. The van der Waals surface area contributed by atoms with E-state index >= 15 is 0 Å². The summed E-state index contributed by atoms with van der Waals surface area (Å²) < 4.78 is 0. The van der Waals surface area contributed by atoms with Crippen LogP contribution in [0.1, 0.15) is 25.8 Å². The van der Waals surface area contributed by atoms with Gasteiger partial charge in [0.1, 0.15) is 0 Å². The first-order valence-electron chi connectivity index (χ1n) is 9.55. The fourth-order valence-corrected chi connectivity index (χ4v) is 3.55. The van der Waals surface area contributed by atoms with Crippen molar-refractivity contribution in [3.63, 3.8) is 0 Å². The average molecular weight is 365 g/mol. The highest BCUT2D eigenvalue weighted by atomic mass is 16.2. The minimum absolute atomic E-state index is 0.00467. The highest BCUT2D eigenvalue weighted by Gasteiger charge is 2.35. The van der Waals surface area contributed by atoms with Crippen LogP contribution in [0.2, 0.25) is 0 Å². The molecule has 0 aliphatic carbocycles. The summed E-state index contributed by atoms with van der Waals surface area (Å²) in [7, 11) is 0. The minimum Gasteiger partial charge on any atom is -0.372 e. The van der Waals surface area contributed by atoms with E-state index in [0.29, 0.717) is 6.54 Å². The molecule has 5 heteroatoms. The zero-order chi connectivity index (χ0) is 19.4. The molecule has 2 amide bonds. The number of nitrogens with one attached hydrogen (secondary N) is 1. The van der Waals surface area contributed by atoms with E-state index in [4.69, 9.17) is 0 Å². The molecule has 1 saturated heterocycles. The van der Waals surface area contributed by atoms with E-state index in [1.165, 1.54) is 0 Å². The number of amides is 2. The summed E-state index contributed by atoms with van der Waals surface area (Å²) >= 11 is 0. The van der Waals surface area contributed by atoms with Crippen molar-refractivity contribution in [2.45, 2.75) is 27.2 Å². The number of carbonyl (C=O) groups excluding carboxylic acids is 2. The normalized spacial score (nSPS) is 16.5. The van der Waals surface area contributed by atoms with Crippen molar-refractivity contribution >= 4 is 28.9 Å². The van der Waals surface area contributed by atoms with Gasteiger partial charge in [-0.1, -0.05) is 18.2 Å². The van der Waals surface area contributed by atoms with Crippen LogP contribution in [0.5, 0.6) is 0 Å². The molecule has 1 N–H and O–H groups in total. The van der Waals surface area contributed by atoms with Gasteiger partial charge in [0, 0.05) is 43.1 Å². The molecule has 2 aromatic carbocycles. The Labute approximate surface area is 161 Å². The third-order valence-electron chi connectivity index (χ3n) is 5.16. The van der Waals surface area contributed by atoms with Crippen LogP contribution in [0, 0.1) is 12.8 Å². The van der Waals surface area contributed by atoms with Crippen molar-refractivity contribution in [2.24, 2.45) is 5.92 Å². The van der Waals surface area contributed by atoms with Crippen LogP contribution >= 0.6 is 0 Å². The Kier molecular flexibility index (Phi) is 5.79. The van der Waals surface area contributed by atoms with Crippen molar-refractivity contribution in [3.8, 4) is 0 Å². The molecule has 3 rings (SSSR count). The van der Waals surface area contributed by atoms with Crippen LogP contribution in [0.15, 0.2) is 48.5 Å². The van der Waals surface area contributed by atoms with Gasteiger partial charge in [0.15, 0.2) is 0 Å². The highest BCUT2D eigenvalue weighted by Crippen LogP contribution is 2.27. The number of benzene rings is 2. The summed E-state index contributed by atoms with van der Waals surface area (Å²) in [6.45, 7) is 8.57. The van der Waals surface area contributed by atoms with E-state index in [1.807, 2.05) is 49.4 Å². The molecular formula is C22H27N3O2. The quantitative estimate of drug-likeness (QED) is 0.846. The van der Waals surface area contributed by atoms with Crippen LogP contribution in [0.25, 0.3) is 0 Å². The molecule has 2 aromatic rings. The van der Waals surface area contributed by atoms with Crippen molar-refractivity contribution in [2.75, 3.05) is 34.8 Å². The minimum atomic E-state index is -0.334. The van der Waals surface area contributed by atoms with Crippen molar-refractivity contribution in [1.29, 1.82) is 0 Å². The van der Waals surface area contributed by atoms with Crippen LogP contribution in [0.4, 0.5) is 17.1 Å². The summed E-state index contributed by atoms with van der Waals surface area (Å²) in [6.07, 6.45) is 0.247. The lowest BCUT2D eigenvalue weighted by atomic mass is 10.1. The fourth-order valence-electron chi connectivity index (χ4n) is 3.55. The lowest BCUT2D eigenvalue weighted by Gasteiger charge is -2.22. The second-order valence-electron chi connectivity index (χ2n) is 6.90. The Morgan fingerprint density at radius 3 is 2.48 bits per heavy atom. The molecule has 1 atom stereocenters. The topological polar surface area (TPSA) is 52.7 Å². The maximum Gasteiger partial charge on any atom is 0.229 e. The summed E-state index contributed by atoms with van der Waals surface area (Å²) in [5, 5.41) is 3.01. The fraction of sp³-hybridized carbons (Fsp3) is 0.364. The predicted octanol–water partition coefficient (Wildman–Crippen LogP) is 3.83. The second-order valence-corrected chi connectivity index (χ2v) is 6.90. The first-order chi connectivity index (χ1) is 13.0. The summed E-state index contributed by atoms with van der Waals surface area (Å²) in [4.78, 5) is 29.0. The first-order valence-corrected chi connectivity index (χ1v) is 9.55. The number of aryl methyl sites for hydroxylation is 1. The second kappa shape index (κ2) is 8.25. The molecule has 1 aliphatic heterocycles. The lowest BCUT2D eigenvalue weighted by molar-refractivity contribution is -0.122. The third kappa shape index (κ3) is 4.13. The molecule has 0 saturated carbocycles. The summed E-state index contributed by atoms with van der Waals surface area (Å²) in [6, 6.07) is 15.6.